The number of nitrogens with zero attached hydrogens (tertiary/aromatic N) is 1. The molecule has 2 atom stereocenters. The summed E-state index contributed by atoms with van der Waals surface area (Å²) in [7, 11) is 0. The Kier molecular flexibility index (Phi) is 4.97. The maximum atomic E-state index is 6.43. The Hall–Kier alpha value is -0.900. The Morgan fingerprint density at radius 1 is 1.37 bits per heavy atom. The maximum Gasteiger partial charge on any atom is 0.0590 e. The van der Waals surface area contributed by atoms with Gasteiger partial charge in [0.1, 0.15) is 0 Å². The van der Waals surface area contributed by atoms with E-state index in [2.05, 4.69) is 48.6 Å². The molecule has 1 N–H and O–H groups in total. The van der Waals surface area contributed by atoms with Crippen LogP contribution >= 0.6 is 22.9 Å². The van der Waals surface area contributed by atoms with E-state index >= 15 is 0 Å². The van der Waals surface area contributed by atoms with Crippen molar-refractivity contribution < 1.29 is 0 Å². The number of pyridine rings is 1. The predicted molar refractivity (Wildman–Crippen MR) is 83.1 cm³/mol. The Morgan fingerprint density at radius 2 is 2.05 bits per heavy atom. The molecule has 2 aromatic rings. The Morgan fingerprint density at radius 3 is 2.58 bits per heavy atom. The first kappa shape index (κ1) is 14.5. The molecule has 4 heteroatoms. The molecule has 0 spiro atoms. The van der Waals surface area contributed by atoms with Gasteiger partial charge in [-0.25, -0.2) is 0 Å². The molecule has 0 saturated heterocycles. The van der Waals surface area contributed by atoms with Gasteiger partial charge in [0, 0.05) is 29.2 Å². The number of halogens is 1. The third-order valence-corrected chi connectivity index (χ3v) is 5.16. The fourth-order valence-electron chi connectivity index (χ4n) is 2.24. The number of likely N-dealkylation sites (N-methyl/N-ethyl adjacent to an activating group) is 1. The molecular weight excluding hydrogens is 276 g/mol. The summed E-state index contributed by atoms with van der Waals surface area (Å²) in [6, 6.07) is 4.39. The first-order valence-corrected chi connectivity index (χ1v) is 7.77. The van der Waals surface area contributed by atoms with Gasteiger partial charge in [-0.05, 0) is 42.1 Å². The predicted octanol–water partition coefficient (Wildman–Crippen LogP) is 4.56. The molecule has 19 heavy (non-hydrogen) atoms. The van der Waals surface area contributed by atoms with Crippen molar-refractivity contribution in [3.05, 3.63) is 50.9 Å². The minimum Gasteiger partial charge on any atom is -0.309 e. The summed E-state index contributed by atoms with van der Waals surface area (Å²) in [6.07, 6.45) is 3.69. The van der Waals surface area contributed by atoms with Crippen LogP contribution in [0.5, 0.6) is 0 Å². The molecule has 2 nitrogen and oxygen atoms in total. The zero-order chi connectivity index (χ0) is 13.8. The smallest absolute Gasteiger partial charge is 0.0590 e. The van der Waals surface area contributed by atoms with Gasteiger partial charge < -0.3 is 5.32 Å². The zero-order valence-corrected chi connectivity index (χ0v) is 13.1. The highest BCUT2D eigenvalue weighted by Gasteiger charge is 2.24. The van der Waals surface area contributed by atoms with Crippen molar-refractivity contribution in [1.29, 1.82) is 0 Å². The lowest BCUT2D eigenvalue weighted by atomic mass is 9.92. The van der Waals surface area contributed by atoms with Crippen LogP contribution in [-0.2, 0) is 0 Å². The Balaban J connectivity index is 2.33. The van der Waals surface area contributed by atoms with Crippen molar-refractivity contribution in [3.8, 4) is 0 Å². The lowest BCUT2D eigenvalue weighted by molar-refractivity contribution is 0.486. The zero-order valence-electron chi connectivity index (χ0n) is 11.5. The molecule has 0 aliphatic rings. The van der Waals surface area contributed by atoms with Gasteiger partial charge in [0.05, 0.1) is 5.02 Å². The van der Waals surface area contributed by atoms with Crippen LogP contribution in [-0.4, -0.2) is 11.5 Å². The van der Waals surface area contributed by atoms with Gasteiger partial charge in [0.2, 0.25) is 0 Å². The summed E-state index contributed by atoms with van der Waals surface area (Å²) in [4.78, 5) is 5.31. The van der Waals surface area contributed by atoms with Crippen molar-refractivity contribution >= 4 is 22.9 Å². The van der Waals surface area contributed by atoms with Crippen molar-refractivity contribution in [3.63, 3.8) is 0 Å². The van der Waals surface area contributed by atoms with E-state index in [9.17, 15) is 0 Å². The van der Waals surface area contributed by atoms with Gasteiger partial charge in [0.15, 0.2) is 0 Å². The molecule has 0 aliphatic heterocycles. The Bertz CT molecular complexity index is 524. The topological polar surface area (TPSA) is 24.9 Å². The summed E-state index contributed by atoms with van der Waals surface area (Å²) in [5.74, 6) is 0.360. The van der Waals surface area contributed by atoms with Crippen molar-refractivity contribution in [2.75, 3.05) is 6.54 Å². The summed E-state index contributed by atoms with van der Waals surface area (Å²) >= 11 is 8.17. The van der Waals surface area contributed by atoms with Gasteiger partial charge >= 0.3 is 0 Å². The van der Waals surface area contributed by atoms with Crippen LogP contribution in [0, 0.1) is 6.92 Å². The van der Waals surface area contributed by atoms with E-state index in [0.29, 0.717) is 5.92 Å². The van der Waals surface area contributed by atoms with Crippen LogP contribution < -0.4 is 5.32 Å². The third-order valence-electron chi connectivity index (χ3n) is 3.36. The second-order valence-electron chi connectivity index (χ2n) is 4.70. The fraction of sp³-hybridized carbons (Fsp3) is 0.400. The molecule has 2 aromatic heterocycles. The van der Waals surface area contributed by atoms with Crippen LogP contribution in [0.15, 0.2) is 29.9 Å². The van der Waals surface area contributed by atoms with Crippen LogP contribution in [0.4, 0.5) is 0 Å². The number of aromatic nitrogens is 1. The van der Waals surface area contributed by atoms with Gasteiger partial charge in [-0.3, -0.25) is 4.98 Å². The minimum atomic E-state index is 0.249. The molecule has 2 rings (SSSR count). The molecule has 0 radical (unpaired) electrons. The van der Waals surface area contributed by atoms with E-state index in [1.165, 1.54) is 10.4 Å². The minimum absolute atomic E-state index is 0.249. The summed E-state index contributed by atoms with van der Waals surface area (Å²) in [5.41, 5.74) is 2.44. The Labute approximate surface area is 123 Å². The van der Waals surface area contributed by atoms with Gasteiger partial charge in [0.25, 0.3) is 0 Å². The molecule has 0 saturated carbocycles. The van der Waals surface area contributed by atoms with E-state index < -0.39 is 0 Å². The molecular formula is C15H19ClN2S. The fourth-order valence-corrected chi connectivity index (χ4v) is 3.73. The molecule has 0 aromatic carbocycles. The van der Waals surface area contributed by atoms with E-state index in [-0.39, 0.29) is 6.04 Å². The standard InChI is InChI=1S/C15H19ClN2S/c1-4-18-14(15-13(16)10(2)9-19-15)11(3)12-5-7-17-8-6-12/h5-9,11,14,18H,4H2,1-3H3. The van der Waals surface area contributed by atoms with Crippen LogP contribution in [0.3, 0.4) is 0 Å². The molecule has 2 unspecified atom stereocenters. The average Bonchev–Trinajstić information content (AvgIpc) is 2.77. The van der Waals surface area contributed by atoms with Crippen LogP contribution in [0.25, 0.3) is 0 Å². The quantitative estimate of drug-likeness (QED) is 0.874. The van der Waals surface area contributed by atoms with Crippen LogP contribution in [0.2, 0.25) is 5.02 Å². The normalized spacial score (nSPS) is 14.3. The molecule has 0 amide bonds. The number of nitrogens with one attached hydrogen (secondary N) is 1. The number of hydrogen-bond donors (Lipinski definition) is 1. The lowest BCUT2D eigenvalue weighted by Gasteiger charge is -2.24. The number of rotatable bonds is 5. The van der Waals surface area contributed by atoms with Crippen LogP contribution in [0.1, 0.15) is 41.8 Å². The third kappa shape index (κ3) is 3.16. The van der Waals surface area contributed by atoms with Gasteiger partial charge in [-0.1, -0.05) is 25.4 Å². The van der Waals surface area contributed by atoms with Crippen molar-refractivity contribution in [2.24, 2.45) is 0 Å². The number of aryl methyl sites for hydroxylation is 1. The molecule has 102 valence electrons. The monoisotopic (exact) mass is 294 g/mol. The van der Waals surface area contributed by atoms with E-state index in [1.54, 1.807) is 11.3 Å². The van der Waals surface area contributed by atoms with Crippen molar-refractivity contribution in [1.82, 2.24) is 10.3 Å². The van der Waals surface area contributed by atoms with E-state index in [0.717, 1.165) is 17.1 Å². The molecule has 0 bridgehead atoms. The lowest BCUT2D eigenvalue weighted by Crippen LogP contribution is -2.25. The maximum absolute atomic E-state index is 6.43. The molecule has 2 heterocycles. The second kappa shape index (κ2) is 6.51. The summed E-state index contributed by atoms with van der Waals surface area (Å²) in [6.45, 7) is 7.34. The highest BCUT2D eigenvalue weighted by atomic mass is 35.5. The van der Waals surface area contributed by atoms with E-state index in [4.69, 9.17) is 11.6 Å². The first-order valence-electron chi connectivity index (χ1n) is 6.52. The largest absolute Gasteiger partial charge is 0.309 e. The highest BCUT2D eigenvalue weighted by molar-refractivity contribution is 7.10. The average molecular weight is 295 g/mol. The first-order chi connectivity index (χ1) is 9.15. The molecule has 0 fully saturated rings. The van der Waals surface area contributed by atoms with E-state index in [1.807, 2.05) is 12.4 Å². The van der Waals surface area contributed by atoms with Gasteiger partial charge in [-0.2, -0.15) is 0 Å². The number of hydrogen-bond acceptors (Lipinski definition) is 3. The molecule has 0 aliphatic carbocycles. The number of thiophene rings is 1. The second-order valence-corrected chi connectivity index (χ2v) is 5.99. The summed E-state index contributed by atoms with van der Waals surface area (Å²) < 4.78 is 0. The van der Waals surface area contributed by atoms with Crippen molar-refractivity contribution in [2.45, 2.75) is 32.7 Å². The SMILES string of the molecule is CCNC(c1scc(C)c1Cl)C(C)c1ccncc1. The highest BCUT2D eigenvalue weighted by Crippen LogP contribution is 2.39. The van der Waals surface area contributed by atoms with Gasteiger partial charge in [-0.15, -0.1) is 11.3 Å². The summed E-state index contributed by atoms with van der Waals surface area (Å²) in [5, 5.41) is 6.58.